The summed E-state index contributed by atoms with van der Waals surface area (Å²) >= 11 is 0. The molecule has 2 aromatic rings. The fraction of sp³-hybridized carbons (Fsp3) is 0.316. The minimum atomic E-state index is -0.409. The second-order valence-corrected chi connectivity index (χ2v) is 6.30. The molecule has 142 valence electrons. The maximum absolute atomic E-state index is 12.5. The molecule has 0 radical (unpaired) electrons. The molecular weight excluding hydrogens is 350 g/mol. The van der Waals surface area contributed by atoms with Crippen LogP contribution in [0, 0.1) is 5.92 Å². The van der Waals surface area contributed by atoms with Crippen molar-refractivity contribution in [3.63, 3.8) is 0 Å². The highest BCUT2D eigenvalue weighted by Gasteiger charge is 2.34. The maximum Gasteiger partial charge on any atom is 0.250 e. The number of ether oxygens (including phenoxy) is 1. The molecular formula is C19H21N3O5. The van der Waals surface area contributed by atoms with Crippen LogP contribution in [0.5, 0.6) is 0 Å². The fourth-order valence-corrected chi connectivity index (χ4v) is 2.90. The van der Waals surface area contributed by atoms with E-state index in [-0.39, 0.29) is 30.7 Å². The van der Waals surface area contributed by atoms with Crippen molar-refractivity contribution in [2.75, 3.05) is 30.9 Å². The van der Waals surface area contributed by atoms with Gasteiger partial charge in [-0.2, -0.15) is 0 Å². The Morgan fingerprint density at radius 2 is 1.89 bits per heavy atom. The van der Waals surface area contributed by atoms with Crippen LogP contribution in [0.15, 0.2) is 47.1 Å². The Balaban J connectivity index is 1.53. The number of carbonyl (C=O) groups excluding carboxylic acids is 3. The predicted molar refractivity (Wildman–Crippen MR) is 97.8 cm³/mol. The molecule has 8 heteroatoms. The topological polar surface area (TPSA) is 101 Å². The smallest absolute Gasteiger partial charge is 0.250 e. The van der Waals surface area contributed by atoms with Crippen molar-refractivity contribution in [2.24, 2.45) is 5.92 Å². The number of nitrogens with zero attached hydrogens (tertiary/aromatic N) is 1. The first-order valence-corrected chi connectivity index (χ1v) is 8.55. The Labute approximate surface area is 156 Å². The lowest BCUT2D eigenvalue weighted by atomic mass is 10.1. The summed E-state index contributed by atoms with van der Waals surface area (Å²) in [6.07, 6.45) is 1.74. The molecule has 2 heterocycles. The number of nitrogens with one attached hydrogen (secondary N) is 2. The van der Waals surface area contributed by atoms with Crippen LogP contribution in [-0.2, 0) is 25.7 Å². The lowest BCUT2D eigenvalue weighted by Gasteiger charge is -2.15. The highest BCUT2D eigenvalue weighted by Crippen LogP contribution is 2.22. The van der Waals surface area contributed by atoms with Crippen LogP contribution in [-0.4, -0.2) is 42.9 Å². The molecule has 27 heavy (non-hydrogen) atoms. The Hall–Kier alpha value is -3.13. The third-order valence-corrected chi connectivity index (χ3v) is 4.22. The number of amides is 3. The summed E-state index contributed by atoms with van der Waals surface area (Å²) < 4.78 is 10.0. The van der Waals surface area contributed by atoms with Gasteiger partial charge < -0.3 is 24.7 Å². The van der Waals surface area contributed by atoms with Gasteiger partial charge in [0.25, 0.3) is 0 Å². The zero-order valence-electron chi connectivity index (χ0n) is 14.9. The molecule has 8 nitrogen and oxygen atoms in total. The summed E-state index contributed by atoms with van der Waals surface area (Å²) in [5.41, 5.74) is 1.21. The minimum absolute atomic E-state index is 0.0251. The van der Waals surface area contributed by atoms with Gasteiger partial charge in [-0.3, -0.25) is 14.4 Å². The summed E-state index contributed by atoms with van der Waals surface area (Å²) in [6.45, 7) is 0.699. The number of hydrogen-bond acceptors (Lipinski definition) is 5. The Kier molecular flexibility index (Phi) is 5.87. The van der Waals surface area contributed by atoms with Crippen LogP contribution >= 0.6 is 0 Å². The molecule has 0 saturated carbocycles. The highest BCUT2D eigenvalue weighted by molar-refractivity contribution is 5.97. The average molecular weight is 371 g/mol. The van der Waals surface area contributed by atoms with Gasteiger partial charge in [0.05, 0.1) is 18.7 Å². The molecule has 1 aromatic carbocycles. The van der Waals surface area contributed by atoms with E-state index in [1.54, 1.807) is 47.6 Å². The molecule has 1 saturated heterocycles. The molecule has 1 unspecified atom stereocenters. The van der Waals surface area contributed by atoms with Crippen LogP contribution in [0.25, 0.3) is 0 Å². The molecule has 3 rings (SSSR count). The van der Waals surface area contributed by atoms with E-state index in [9.17, 15) is 14.4 Å². The van der Waals surface area contributed by atoms with E-state index in [0.29, 0.717) is 30.2 Å². The Morgan fingerprint density at radius 1 is 1.19 bits per heavy atom. The lowest BCUT2D eigenvalue weighted by Crippen LogP contribution is -2.27. The Morgan fingerprint density at radius 3 is 2.52 bits per heavy atom. The third kappa shape index (κ3) is 4.95. The van der Waals surface area contributed by atoms with Crippen LogP contribution < -0.4 is 10.6 Å². The quantitative estimate of drug-likeness (QED) is 0.774. The van der Waals surface area contributed by atoms with Gasteiger partial charge in [-0.05, 0) is 36.4 Å². The largest absolute Gasteiger partial charge is 0.467 e. The molecule has 1 fully saturated rings. The summed E-state index contributed by atoms with van der Waals surface area (Å²) in [4.78, 5) is 37.7. The van der Waals surface area contributed by atoms with E-state index in [2.05, 4.69) is 10.6 Å². The molecule has 1 aliphatic heterocycles. The van der Waals surface area contributed by atoms with Crippen molar-refractivity contribution in [1.29, 1.82) is 0 Å². The Bertz CT molecular complexity index is 801. The van der Waals surface area contributed by atoms with Crippen molar-refractivity contribution >= 4 is 29.1 Å². The standard InChI is InChI=1S/C19H21N3O5/c1-26-12-17(23)20-14-4-6-15(7-5-14)21-19(25)13-9-18(24)22(10-13)11-16-3-2-8-27-16/h2-8,13H,9-12H2,1H3,(H,20,23)(H,21,25). The first-order valence-electron chi connectivity index (χ1n) is 8.55. The van der Waals surface area contributed by atoms with E-state index in [4.69, 9.17) is 9.15 Å². The molecule has 0 bridgehead atoms. The number of furan rings is 1. The monoisotopic (exact) mass is 371 g/mol. The number of benzene rings is 1. The second-order valence-electron chi connectivity index (χ2n) is 6.30. The first kappa shape index (κ1) is 18.7. The number of rotatable bonds is 7. The summed E-state index contributed by atoms with van der Waals surface area (Å²) in [7, 11) is 1.45. The fourth-order valence-electron chi connectivity index (χ4n) is 2.90. The molecule has 3 amide bonds. The van der Waals surface area contributed by atoms with E-state index in [0.717, 1.165) is 0 Å². The van der Waals surface area contributed by atoms with E-state index in [1.807, 2.05) is 0 Å². The molecule has 0 spiro atoms. The van der Waals surface area contributed by atoms with Gasteiger partial charge in [0, 0.05) is 31.5 Å². The molecule has 1 atom stereocenters. The van der Waals surface area contributed by atoms with Gasteiger partial charge in [0.2, 0.25) is 17.7 Å². The molecule has 2 N–H and O–H groups in total. The van der Waals surface area contributed by atoms with Gasteiger partial charge in [-0.15, -0.1) is 0 Å². The summed E-state index contributed by atoms with van der Waals surface area (Å²) in [5.74, 6) is -0.247. The van der Waals surface area contributed by atoms with Crippen LogP contribution in [0.1, 0.15) is 12.2 Å². The van der Waals surface area contributed by atoms with Crippen molar-refractivity contribution in [1.82, 2.24) is 4.90 Å². The number of carbonyl (C=O) groups is 3. The van der Waals surface area contributed by atoms with Crippen LogP contribution in [0.3, 0.4) is 0 Å². The normalized spacial score (nSPS) is 16.4. The lowest BCUT2D eigenvalue weighted by molar-refractivity contribution is -0.128. The van der Waals surface area contributed by atoms with Crippen molar-refractivity contribution in [2.45, 2.75) is 13.0 Å². The highest BCUT2D eigenvalue weighted by atomic mass is 16.5. The van der Waals surface area contributed by atoms with Crippen LogP contribution in [0.4, 0.5) is 11.4 Å². The zero-order valence-corrected chi connectivity index (χ0v) is 14.9. The zero-order chi connectivity index (χ0) is 19.2. The van der Waals surface area contributed by atoms with Gasteiger partial charge in [-0.25, -0.2) is 0 Å². The second kappa shape index (κ2) is 8.50. The van der Waals surface area contributed by atoms with Crippen LogP contribution in [0.2, 0.25) is 0 Å². The third-order valence-electron chi connectivity index (χ3n) is 4.22. The number of hydrogen-bond donors (Lipinski definition) is 2. The minimum Gasteiger partial charge on any atom is -0.467 e. The molecule has 1 aliphatic rings. The molecule has 0 aliphatic carbocycles. The van der Waals surface area contributed by atoms with Gasteiger partial charge in [0.15, 0.2) is 0 Å². The summed E-state index contributed by atoms with van der Waals surface area (Å²) in [6, 6.07) is 10.3. The average Bonchev–Trinajstić information content (AvgIpc) is 3.27. The summed E-state index contributed by atoms with van der Waals surface area (Å²) in [5, 5.41) is 5.49. The van der Waals surface area contributed by atoms with Gasteiger partial charge >= 0.3 is 0 Å². The van der Waals surface area contributed by atoms with E-state index in [1.165, 1.54) is 7.11 Å². The van der Waals surface area contributed by atoms with Crippen molar-refractivity contribution < 1.29 is 23.5 Å². The van der Waals surface area contributed by atoms with Crippen molar-refractivity contribution in [3.05, 3.63) is 48.4 Å². The SMILES string of the molecule is COCC(=O)Nc1ccc(NC(=O)C2CC(=O)N(Cc3ccco3)C2)cc1. The number of methoxy groups -OCH3 is 1. The van der Waals surface area contributed by atoms with E-state index < -0.39 is 5.92 Å². The van der Waals surface area contributed by atoms with E-state index >= 15 is 0 Å². The number of likely N-dealkylation sites (tertiary alicyclic amines) is 1. The predicted octanol–water partition coefficient (Wildman–Crippen LogP) is 1.85. The van der Waals surface area contributed by atoms with Gasteiger partial charge in [0.1, 0.15) is 12.4 Å². The maximum atomic E-state index is 12.5. The van der Waals surface area contributed by atoms with Gasteiger partial charge in [-0.1, -0.05) is 0 Å². The molecule has 1 aromatic heterocycles. The van der Waals surface area contributed by atoms with Crippen molar-refractivity contribution in [3.8, 4) is 0 Å². The number of anilines is 2. The first-order chi connectivity index (χ1) is 13.0.